The van der Waals surface area contributed by atoms with Crippen LogP contribution in [0.4, 0.5) is 23.5 Å². The van der Waals surface area contributed by atoms with Crippen molar-refractivity contribution in [2.24, 2.45) is 0 Å². The van der Waals surface area contributed by atoms with Crippen LogP contribution in [0.1, 0.15) is 43.4 Å². The molecule has 13 heteroatoms. The van der Waals surface area contributed by atoms with Crippen molar-refractivity contribution >= 4 is 46.9 Å². The number of halogens is 1. The van der Waals surface area contributed by atoms with Crippen LogP contribution in [-0.4, -0.2) is 41.1 Å². The van der Waals surface area contributed by atoms with Gasteiger partial charge in [0.15, 0.2) is 0 Å². The molecule has 5 rings (SSSR count). The second-order valence-electron chi connectivity index (χ2n) is 8.09. The van der Waals surface area contributed by atoms with Gasteiger partial charge in [0.1, 0.15) is 5.58 Å². The van der Waals surface area contributed by atoms with E-state index in [0.29, 0.717) is 11.5 Å². The van der Waals surface area contributed by atoms with Crippen LogP contribution in [0.3, 0.4) is 0 Å². The Morgan fingerprint density at radius 1 is 0.829 bits per heavy atom. The summed E-state index contributed by atoms with van der Waals surface area (Å²) in [6.45, 7) is 5.81. The van der Waals surface area contributed by atoms with E-state index in [-0.39, 0.29) is 48.3 Å². The van der Waals surface area contributed by atoms with Gasteiger partial charge < -0.3 is 44.1 Å². The van der Waals surface area contributed by atoms with Gasteiger partial charge in [0.25, 0.3) is 0 Å². The molecule has 0 radical (unpaired) electrons. The minimum atomic E-state index is -0.346. The van der Waals surface area contributed by atoms with Crippen molar-refractivity contribution in [3.63, 3.8) is 0 Å². The predicted molar refractivity (Wildman–Crippen MR) is 154 cm³/mol. The number of anilines is 4. The third-order valence-corrected chi connectivity index (χ3v) is 5.85. The number of hydrogen-bond acceptors (Lipinski definition) is 12. The highest BCUT2D eigenvalue weighted by molar-refractivity contribution is 5.85. The van der Waals surface area contributed by atoms with E-state index in [0.717, 1.165) is 80.4 Å². The lowest BCUT2D eigenvalue weighted by atomic mass is 10.1. The quantitative estimate of drug-likeness (QED) is 0.263. The highest BCUT2D eigenvalue weighted by Gasteiger charge is 2.21. The number of fused-ring (bicyclic) bond motifs is 1. The molecule has 0 atom stereocenters. The van der Waals surface area contributed by atoms with E-state index >= 15 is 0 Å². The van der Waals surface area contributed by atoms with Crippen molar-refractivity contribution in [3.8, 4) is 0 Å². The maximum absolute atomic E-state index is 11.8. The lowest BCUT2D eigenvalue weighted by Gasteiger charge is -2.27. The van der Waals surface area contributed by atoms with Crippen LogP contribution in [0.5, 0.6) is 0 Å². The number of benzene rings is 1. The fraction of sp³-hybridized carbons (Fsp3) is 0.455. The minimum absolute atomic E-state index is 0. The Balaban J connectivity index is -0.000000428. The van der Waals surface area contributed by atoms with Gasteiger partial charge in [0, 0.05) is 55.1 Å². The van der Waals surface area contributed by atoms with Crippen LogP contribution in [0.15, 0.2) is 33.5 Å². The van der Waals surface area contributed by atoms with Gasteiger partial charge in [-0.25, -0.2) is 4.79 Å². The van der Waals surface area contributed by atoms with Gasteiger partial charge in [-0.15, -0.1) is 12.4 Å². The molecule has 2 aliphatic rings. The Morgan fingerprint density at radius 3 is 1.94 bits per heavy atom. The van der Waals surface area contributed by atoms with Crippen LogP contribution < -0.4 is 45.3 Å². The third kappa shape index (κ3) is 6.99. The van der Waals surface area contributed by atoms with Crippen LogP contribution in [0, 0.1) is 6.92 Å². The Hall–Kier alpha value is -3.03. The predicted octanol–water partition coefficient (Wildman–Crippen LogP) is 5.67. The molecule has 2 aromatic heterocycles. The second-order valence-corrected chi connectivity index (χ2v) is 8.09. The summed E-state index contributed by atoms with van der Waals surface area (Å²) < 4.78 is 5.38. The second kappa shape index (κ2) is 13.8. The van der Waals surface area contributed by atoms with Crippen molar-refractivity contribution in [1.82, 2.24) is 39.6 Å². The summed E-state index contributed by atoms with van der Waals surface area (Å²) >= 11 is 0. The molecule has 0 spiro atoms. The van der Waals surface area contributed by atoms with Gasteiger partial charge in [-0.3, -0.25) is 0 Å². The molecule has 0 amide bonds. The first kappa shape index (κ1) is 32.0. The summed E-state index contributed by atoms with van der Waals surface area (Å²) in [5.74, 6) is 1.98. The number of aromatic nitrogens is 3. The van der Waals surface area contributed by atoms with E-state index in [1.54, 1.807) is 0 Å². The zero-order valence-corrected chi connectivity index (χ0v) is 21.3. The zero-order chi connectivity index (χ0) is 20.5. The molecule has 2 aliphatic heterocycles. The first-order valence-electron chi connectivity index (χ1n) is 10.7. The van der Waals surface area contributed by atoms with Crippen molar-refractivity contribution in [2.75, 3.05) is 41.3 Å². The fourth-order valence-corrected chi connectivity index (χ4v) is 4.24. The highest BCUT2D eigenvalue weighted by Crippen LogP contribution is 2.26. The molecule has 2 saturated heterocycles. The largest absolute Gasteiger partial charge is 0.423 e. The number of rotatable bonds is 4. The standard InChI is InChI=1S/C22H26N6O2.ClH.4H3N.4H2/c1-15-13-19(29)30-18-14-16(7-8-17(15)18)23-20-24-21(27-9-3-2-4-10-27)26-22(25-20)28-11-5-6-12-28;;;;;;;;;/h7-8,13-14H,2-6,9-12H2,1H3,(H,23,24,25,26);1H;4*1H3;4*1H. The fourth-order valence-electron chi connectivity index (χ4n) is 4.24. The lowest BCUT2D eigenvalue weighted by Crippen LogP contribution is -2.32. The third-order valence-electron chi connectivity index (χ3n) is 5.85. The first-order chi connectivity index (χ1) is 14.7. The van der Waals surface area contributed by atoms with Crippen molar-refractivity contribution in [3.05, 3.63) is 40.2 Å². The van der Waals surface area contributed by atoms with E-state index in [1.165, 1.54) is 12.5 Å². The molecule has 12 nitrogen and oxygen atoms in total. The molecule has 204 valence electrons. The molecule has 0 bridgehead atoms. The van der Waals surface area contributed by atoms with Gasteiger partial charge in [0.05, 0.1) is 0 Å². The zero-order valence-electron chi connectivity index (χ0n) is 20.5. The molecule has 3 aromatic rings. The molecule has 0 unspecified atom stereocenters. The average Bonchev–Trinajstić information content (AvgIpc) is 3.29. The van der Waals surface area contributed by atoms with E-state index in [1.807, 2.05) is 25.1 Å². The van der Waals surface area contributed by atoms with E-state index in [4.69, 9.17) is 19.4 Å². The minimum Gasteiger partial charge on any atom is -0.423 e. The lowest BCUT2D eigenvalue weighted by molar-refractivity contribution is 0.560. The maximum Gasteiger partial charge on any atom is 0.336 e. The van der Waals surface area contributed by atoms with Gasteiger partial charge in [0.2, 0.25) is 17.8 Å². The molecule has 13 N–H and O–H groups in total. The molecule has 0 aliphatic carbocycles. The number of hydrogen-bond donors (Lipinski definition) is 5. The Labute approximate surface area is 217 Å². The summed E-state index contributed by atoms with van der Waals surface area (Å²) in [6.07, 6.45) is 5.91. The molecule has 35 heavy (non-hydrogen) atoms. The molecule has 4 heterocycles. The van der Waals surface area contributed by atoms with Crippen LogP contribution in [0.2, 0.25) is 0 Å². The number of nitrogens with one attached hydrogen (secondary N) is 1. The first-order valence-corrected chi connectivity index (χ1v) is 10.7. The van der Waals surface area contributed by atoms with Crippen LogP contribution in [-0.2, 0) is 0 Å². The molecular weight excluding hydrogens is 472 g/mol. The summed E-state index contributed by atoms with van der Waals surface area (Å²) in [5, 5.41) is 4.22. The Bertz CT molecular complexity index is 1150. The normalized spacial score (nSPS) is 14.5. The Kier molecular flexibility index (Phi) is 12.6. The van der Waals surface area contributed by atoms with Crippen molar-refractivity contribution < 1.29 is 10.1 Å². The summed E-state index contributed by atoms with van der Waals surface area (Å²) in [7, 11) is 0. The Morgan fingerprint density at radius 2 is 1.37 bits per heavy atom. The van der Waals surface area contributed by atoms with Crippen LogP contribution >= 0.6 is 12.4 Å². The number of nitrogens with zero attached hydrogens (tertiary/aromatic N) is 5. The maximum atomic E-state index is 11.8. The van der Waals surface area contributed by atoms with E-state index in [9.17, 15) is 4.79 Å². The number of piperidine rings is 1. The molecule has 1 aromatic carbocycles. The monoisotopic (exact) mass is 518 g/mol. The van der Waals surface area contributed by atoms with E-state index < -0.39 is 0 Å². The molecule has 0 saturated carbocycles. The summed E-state index contributed by atoms with van der Waals surface area (Å²) in [6, 6.07) is 7.23. The topological polar surface area (TPSA) is 227 Å². The summed E-state index contributed by atoms with van der Waals surface area (Å²) in [4.78, 5) is 30.4. The molecule has 2 fully saturated rings. The van der Waals surface area contributed by atoms with Crippen LogP contribution in [0.25, 0.3) is 11.0 Å². The average molecular weight is 519 g/mol. The van der Waals surface area contributed by atoms with Gasteiger partial charge >= 0.3 is 5.63 Å². The molecular formula is C22H47ClN10O2. The summed E-state index contributed by atoms with van der Waals surface area (Å²) in [5.41, 5.74) is 1.88. The van der Waals surface area contributed by atoms with Crippen molar-refractivity contribution in [1.29, 1.82) is 0 Å². The smallest absolute Gasteiger partial charge is 0.336 e. The van der Waals surface area contributed by atoms with Gasteiger partial charge in [-0.05, 0) is 56.7 Å². The SMILES string of the molecule is Cc1cc(=O)oc2cc(Nc3nc(N4CCCCC4)nc(N4CCCC4)n3)ccc12.Cl.N.N.N.N.[HH].[HH].[HH].[HH]. The van der Waals surface area contributed by atoms with Gasteiger partial charge in [-0.1, -0.05) is 0 Å². The highest BCUT2D eigenvalue weighted by atomic mass is 35.5. The van der Waals surface area contributed by atoms with E-state index in [2.05, 4.69) is 15.1 Å². The van der Waals surface area contributed by atoms with Crippen molar-refractivity contribution in [2.45, 2.75) is 39.0 Å². The number of aryl methyl sites for hydroxylation is 1. The van der Waals surface area contributed by atoms with Gasteiger partial charge in [-0.2, -0.15) is 15.0 Å².